The SMILES string of the molecule is CCCCOc1ccc(C(=O)NC(=S)Nc2cccc(-c3nn4c(C)nnc4s3)c2C)cc1. The Morgan fingerprint density at radius 2 is 1.94 bits per heavy atom. The number of rotatable bonds is 7. The Morgan fingerprint density at radius 1 is 1.15 bits per heavy atom. The van der Waals surface area contributed by atoms with E-state index in [-0.39, 0.29) is 11.0 Å². The Morgan fingerprint density at radius 3 is 2.67 bits per heavy atom. The Kier molecular flexibility index (Phi) is 6.95. The van der Waals surface area contributed by atoms with Gasteiger partial charge < -0.3 is 10.1 Å². The van der Waals surface area contributed by atoms with Crippen molar-refractivity contribution < 1.29 is 9.53 Å². The molecule has 0 aliphatic heterocycles. The molecule has 0 atom stereocenters. The minimum Gasteiger partial charge on any atom is -0.494 e. The van der Waals surface area contributed by atoms with E-state index in [1.54, 1.807) is 28.8 Å². The van der Waals surface area contributed by atoms with Crippen LogP contribution in [0.1, 0.15) is 41.5 Å². The van der Waals surface area contributed by atoms with Crippen LogP contribution in [0.3, 0.4) is 0 Å². The van der Waals surface area contributed by atoms with Gasteiger partial charge in [0.2, 0.25) is 4.96 Å². The molecule has 2 heterocycles. The third-order valence-corrected chi connectivity index (χ3v) is 6.21. The van der Waals surface area contributed by atoms with Gasteiger partial charge in [-0.1, -0.05) is 36.8 Å². The lowest BCUT2D eigenvalue weighted by Gasteiger charge is -2.14. The van der Waals surface area contributed by atoms with Crippen molar-refractivity contribution in [2.75, 3.05) is 11.9 Å². The number of ether oxygens (including phenoxy) is 1. The summed E-state index contributed by atoms with van der Waals surface area (Å²) in [4.78, 5) is 13.3. The summed E-state index contributed by atoms with van der Waals surface area (Å²) in [5.41, 5.74) is 3.22. The molecule has 0 saturated heterocycles. The summed E-state index contributed by atoms with van der Waals surface area (Å²) < 4.78 is 7.37. The van der Waals surface area contributed by atoms with Gasteiger partial charge in [-0.05, 0) is 68.4 Å². The number of fused-ring (bicyclic) bond motifs is 1. The lowest BCUT2D eigenvalue weighted by atomic mass is 10.1. The summed E-state index contributed by atoms with van der Waals surface area (Å²) in [6.45, 7) is 6.62. The summed E-state index contributed by atoms with van der Waals surface area (Å²) in [5.74, 6) is 1.20. The van der Waals surface area contributed by atoms with Crippen LogP contribution in [-0.4, -0.2) is 37.4 Å². The van der Waals surface area contributed by atoms with E-state index < -0.39 is 0 Å². The van der Waals surface area contributed by atoms with Crippen LogP contribution in [0.4, 0.5) is 5.69 Å². The number of unbranched alkanes of at least 4 members (excludes halogenated alkanes) is 1. The van der Waals surface area contributed by atoms with Crippen molar-refractivity contribution in [3.05, 3.63) is 59.4 Å². The van der Waals surface area contributed by atoms with Crippen molar-refractivity contribution in [1.29, 1.82) is 0 Å². The zero-order valence-corrected chi connectivity index (χ0v) is 20.2. The highest BCUT2D eigenvalue weighted by Crippen LogP contribution is 2.31. The number of hydrogen-bond donors (Lipinski definition) is 2. The molecule has 8 nitrogen and oxygen atoms in total. The molecule has 10 heteroatoms. The molecule has 0 radical (unpaired) electrons. The molecule has 4 aromatic rings. The van der Waals surface area contributed by atoms with Crippen LogP contribution in [0.25, 0.3) is 15.5 Å². The highest BCUT2D eigenvalue weighted by Gasteiger charge is 2.15. The molecule has 0 unspecified atom stereocenters. The van der Waals surface area contributed by atoms with E-state index in [9.17, 15) is 4.79 Å². The molecule has 2 N–H and O–H groups in total. The molecule has 0 aliphatic carbocycles. The van der Waals surface area contributed by atoms with Crippen LogP contribution >= 0.6 is 23.6 Å². The highest BCUT2D eigenvalue weighted by molar-refractivity contribution is 7.80. The van der Waals surface area contributed by atoms with E-state index in [2.05, 4.69) is 32.9 Å². The fourth-order valence-corrected chi connectivity index (χ4v) is 4.36. The molecular weight excluding hydrogens is 456 g/mol. The number of amides is 1. The number of nitrogens with zero attached hydrogens (tertiary/aromatic N) is 4. The van der Waals surface area contributed by atoms with Crippen LogP contribution < -0.4 is 15.4 Å². The Hall–Kier alpha value is -3.37. The molecular formula is C23H24N6O2S2. The molecule has 1 amide bonds. The van der Waals surface area contributed by atoms with Gasteiger partial charge in [0.25, 0.3) is 5.91 Å². The molecule has 0 aliphatic rings. The molecule has 0 bridgehead atoms. The number of carbonyl (C=O) groups excluding carboxylic acids is 1. The van der Waals surface area contributed by atoms with Gasteiger partial charge >= 0.3 is 0 Å². The van der Waals surface area contributed by atoms with E-state index in [1.807, 2.05) is 32.0 Å². The summed E-state index contributed by atoms with van der Waals surface area (Å²) in [6.07, 6.45) is 2.07. The first-order valence-electron chi connectivity index (χ1n) is 10.6. The van der Waals surface area contributed by atoms with Gasteiger partial charge in [-0.3, -0.25) is 10.1 Å². The van der Waals surface area contributed by atoms with Crippen LogP contribution in [-0.2, 0) is 0 Å². The predicted molar refractivity (Wildman–Crippen MR) is 134 cm³/mol. The normalized spacial score (nSPS) is 10.9. The molecule has 2 aromatic heterocycles. The van der Waals surface area contributed by atoms with Crippen LogP contribution in [0, 0.1) is 13.8 Å². The number of benzene rings is 2. The van der Waals surface area contributed by atoms with Crippen molar-refractivity contribution in [2.45, 2.75) is 33.6 Å². The number of thiocarbonyl (C=S) groups is 1. The number of carbonyl (C=O) groups is 1. The number of anilines is 1. The van der Waals surface area contributed by atoms with Crippen molar-refractivity contribution >= 4 is 45.2 Å². The number of aromatic nitrogens is 4. The van der Waals surface area contributed by atoms with Gasteiger partial charge in [-0.25, -0.2) is 0 Å². The second-order valence-corrected chi connectivity index (χ2v) is 8.83. The smallest absolute Gasteiger partial charge is 0.257 e. The minimum absolute atomic E-state index is 0.220. The Labute approximate surface area is 201 Å². The third kappa shape index (κ3) is 5.18. The number of nitrogens with one attached hydrogen (secondary N) is 2. The van der Waals surface area contributed by atoms with E-state index >= 15 is 0 Å². The lowest BCUT2D eigenvalue weighted by Crippen LogP contribution is -2.34. The number of hydrogen-bond acceptors (Lipinski definition) is 7. The minimum atomic E-state index is -0.287. The summed E-state index contributed by atoms with van der Waals surface area (Å²) in [5, 5.41) is 19.7. The zero-order valence-electron chi connectivity index (χ0n) is 18.6. The summed E-state index contributed by atoms with van der Waals surface area (Å²) >= 11 is 6.85. The first-order chi connectivity index (χ1) is 16.0. The van der Waals surface area contributed by atoms with E-state index in [4.69, 9.17) is 17.0 Å². The van der Waals surface area contributed by atoms with Gasteiger partial charge in [0.05, 0.1) is 6.61 Å². The van der Waals surface area contributed by atoms with E-state index in [1.165, 1.54) is 11.3 Å². The molecule has 4 rings (SSSR count). The highest BCUT2D eigenvalue weighted by atomic mass is 32.1. The second-order valence-electron chi connectivity index (χ2n) is 7.46. The van der Waals surface area contributed by atoms with Crippen LogP contribution in [0.5, 0.6) is 5.75 Å². The quantitative estimate of drug-likeness (QED) is 0.291. The van der Waals surface area contributed by atoms with Gasteiger partial charge in [0.1, 0.15) is 10.8 Å². The Balaban J connectivity index is 1.42. The maximum Gasteiger partial charge on any atom is 0.257 e. The average molecular weight is 481 g/mol. The summed E-state index contributed by atoms with van der Waals surface area (Å²) in [7, 11) is 0. The lowest BCUT2D eigenvalue weighted by molar-refractivity contribution is 0.0977. The molecule has 0 spiro atoms. The van der Waals surface area contributed by atoms with Gasteiger partial charge in [0.15, 0.2) is 10.9 Å². The van der Waals surface area contributed by atoms with Crippen LogP contribution in [0.2, 0.25) is 0 Å². The van der Waals surface area contributed by atoms with Gasteiger partial charge in [-0.2, -0.15) is 9.61 Å². The predicted octanol–water partition coefficient (Wildman–Crippen LogP) is 4.78. The first kappa shape index (κ1) is 22.8. The Bertz CT molecular complexity index is 1300. The third-order valence-electron chi connectivity index (χ3n) is 5.07. The van der Waals surface area contributed by atoms with Crippen molar-refractivity contribution in [3.8, 4) is 16.3 Å². The molecule has 2 aromatic carbocycles. The van der Waals surface area contributed by atoms with Gasteiger partial charge in [0, 0.05) is 16.8 Å². The largest absolute Gasteiger partial charge is 0.494 e. The molecule has 170 valence electrons. The summed E-state index contributed by atoms with van der Waals surface area (Å²) in [6, 6.07) is 12.8. The fourth-order valence-electron chi connectivity index (χ4n) is 3.19. The fraction of sp³-hybridized carbons (Fsp3) is 0.261. The van der Waals surface area contributed by atoms with E-state index in [0.717, 1.165) is 51.2 Å². The van der Waals surface area contributed by atoms with Crippen molar-refractivity contribution in [1.82, 2.24) is 25.1 Å². The number of aryl methyl sites for hydroxylation is 1. The topological polar surface area (TPSA) is 93.4 Å². The zero-order chi connectivity index (χ0) is 23.4. The second kappa shape index (κ2) is 10.1. The maximum absolute atomic E-state index is 12.6. The maximum atomic E-state index is 12.6. The molecule has 0 fully saturated rings. The van der Waals surface area contributed by atoms with Crippen molar-refractivity contribution in [3.63, 3.8) is 0 Å². The molecule has 33 heavy (non-hydrogen) atoms. The average Bonchev–Trinajstić information content (AvgIpc) is 3.37. The molecule has 0 saturated carbocycles. The van der Waals surface area contributed by atoms with Crippen LogP contribution in [0.15, 0.2) is 42.5 Å². The van der Waals surface area contributed by atoms with Gasteiger partial charge in [-0.15, -0.1) is 10.2 Å². The monoisotopic (exact) mass is 480 g/mol. The first-order valence-corrected chi connectivity index (χ1v) is 11.8. The standard InChI is InChI=1S/C23H24N6O2S2/c1-4-5-13-31-17-11-9-16(10-12-17)20(30)25-22(32)24-19-8-6-7-18(14(19)2)21-28-29-15(3)26-27-23(29)33-21/h6-12H,4-5,13H2,1-3H3,(H2,24,25,30,32). The van der Waals surface area contributed by atoms with E-state index in [0.29, 0.717) is 12.2 Å². The van der Waals surface area contributed by atoms with Crippen molar-refractivity contribution in [2.24, 2.45) is 0 Å².